The molecule has 132 valence electrons. The number of hydrogen-bond donors (Lipinski definition) is 0. The number of aromatic nitrogens is 3. The number of alkyl halides is 1. The number of benzene rings is 2. The fourth-order valence-corrected chi connectivity index (χ4v) is 3.94. The van der Waals surface area contributed by atoms with Crippen LogP contribution in [-0.2, 0) is 18.3 Å². The number of aryl methyl sites for hydroxylation is 1. The molecule has 2 aromatic carbocycles. The quantitative estimate of drug-likeness (QED) is 0.540. The van der Waals surface area contributed by atoms with Crippen molar-refractivity contribution < 1.29 is 0 Å². The van der Waals surface area contributed by atoms with Crippen LogP contribution in [0.25, 0.3) is 5.69 Å². The summed E-state index contributed by atoms with van der Waals surface area (Å²) in [6.07, 6.45) is 2.13. The summed E-state index contributed by atoms with van der Waals surface area (Å²) in [6, 6.07) is 14.4. The van der Waals surface area contributed by atoms with E-state index in [4.69, 9.17) is 16.6 Å². The molecule has 0 amide bonds. The Hall–Kier alpha value is -1.98. The summed E-state index contributed by atoms with van der Waals surface area (Å²) in [5, 5.41) is 9.98. The third kappa shape index (κ3) is 2.99. The van der Waals surface area contributed by atoms with Crippen molar-refractivity contribution in [1.82, 2.24) is 14.8 Å². The van der Waals surface area contributed by atoms with Gasteiger partial charge in [0.05, 0.1) is 16.7 Å². The van der Waals surface area contributed by atoms with Crippen LogP contribution in [-0.4, -0.2) is 20.5 Å². The molecule has 3 aromatic rings. The molecule has 0 spiro atoms. The van der Waals surface area contributed by atoms with Gasteiger partial charge in [-0.25, -0.2) is 0 Å². The normalized spacial score (nSPS) is 13.0. The van der Waals surface area contributed by atoms with E-state index in [9.17, 15) is 0 Å². The molecule has 6 heteroatoms. The van der Waals surface area contributed by atoms with Crippen LogP contribution in [0.4, 0.5) is 0 Å². The number of fused-ring (bicyclic) bond motifs is 3. The third-order valence-corrected chi connectivity index (χ3v) is 5.35. The van der Waals surface area contributed by atoms with Crippen molar-refractivity contribution in [2.24, 2.45) is 4.99 Å². The van der Waals surface area contributed by atoms with Crippen LogP contribution in [0.5, 0.6) is 0 Å². The maximum atomic E-state index is 6.50. The number of halogens is 2. The lowest BCUT2D eigenvalue weighted by Gasteiger charge is -2.15. The zero-order valence-corrected chi connectivity index (χ0v) is 16.8. The zero-order chi connectivity index (χ0) is 18.1. The van der Waals surface area contributed by atoms with Crippen LogP contribution in [0.3, 0.4) is 0 Å². The first kappa shape index (κ1) is 17.4. The van der Waals surface area contributed by atoms with Gasteiger partial charge in [0.1, 0.15) is 12.4 Å². The molecule has 0 saturated heterocycles. The van der Waals surface area contributed by atoms with Crippen molar-refractivity contribution in [1.29, 1.82) is 0 Å². The van der Waals surface area contributed by atoms with Crippen LogP contribution >= 0.6 is 27.5 Å². The van der Waals surface area contributed by atoms with E-state index in [0.717, 1.165) is 47.0 Å². The largest absolute Gasteiger partial charge is 0.280 e. The van der Waals surface area contributed by atoms with Gasteiger partial charge in [-0.1, -0.05) is 65.1 Å². The lowest BCUT2D eigenvalue weighted by molar-refractivity contribution is 0.858. The Morgan fingerprint density at radius 3 is 2.73 bits per heavy atom. The van der Waals surface area contributed by atoms with Crippen molar-refractivity contribution in [3.63, 3.8) is 0 Å². The molecule has 0 unspecified atom stereocenters. The first-order valence-electron chi connectivity index (χ1n) is 8.65. The molecule has 1 aliphatic rings. The van der Waals surface area contributed by atoms with E-state index < -0.39 is 0 Å². The van der Waals surface area contributed by atoms with Gasteiger partial charge in [0.2, 0.25) is 0 Å². The first-order chi connectivity index (χ1) is 12.7. The lowest BCUT2D eigenvalue weighted by atomic mass is 9.97. The van der Waals surface area contributed by atoms with Gasteiger partial charge in [-0.3, -0.25) is 9.56 Å². The van der Waals surface area contributed by atoms with E-state index >= 15 is 0 Å². The predicted molar refractivity (Wildman–Crippen MR) is 109 cm³/mol. The van der Waals surface area contributed by atoms with Crippen LogP contribution in [0.15, 0.2) is 47.5 Å². The Bertz CT molecular complexity index is 993. The Morgan fingerprint density at radius 1 is 1.12 bits per heavy atom. The molecule has 0 radical (unpaired) electrons. The second-order valence-electron chi connectivity index (χ2n) is 6.25. The summed E-state index contributed by atoms with van der Waals surface area (Å²) in [5.74, 6) is 1.71. The van der Waals surface area contributed by atoms with Crippen molar-refractivity contribution in [3.05, 3.63) is 75.8 Å². The fraction of sp³-hybridized carbons (Fsp3) is 0.250. The molecule has 4 nitrogen and oxygen atoms in total. The summed E-state index contributed by atoms with van der Waals surface area (Å²) < 4.78 is 2.10. The number of hydrogen-bond acceptors (Lipinski definition) is 3. The Labute approximate surface area is 166 Å². The molecular formula is C20H18BrClN4. The second kappa shape index (κ2) is 7.33. The molecule has 0 saturated carbocycles. The van der Waals surface area contributed by atoms with Gasteiger partial charge in [-0.2, -0.15) is 0 Å². The van der Waals surface area contributed by atoms with E-state index in [-0.39, 0.29) is 0 Å². The molecule has 4 rings (SSSR count). The highest BCUT2D eigenvalue weighted by atomic mass is 79.9. The molecule has 1 aliphatic heterocycles. The van der Waals surface area contributed by atoms with Gasteiger partial charge in [0.15, 0.2) is 5.82 Å². The molecule has 0 bridgehead atoms. The summed E-state index contributed by atoms with van der Waals surface area (Å²) in [7, 11) is 0. The van der Waals surface area contributed by atoms with Crippen molar-refractivity contribution >= 4 is 33.2 Å². The minimum Gasteiger partial charge on any atom is -0.280 e. The summed E-state index contributed by atoms with van der Waals surface area (Å²) >= 11 is 10.0. The van der Waals surface area contributed by atoms with E-state index in [1.165, 1.54) is 5.56 Å². The summed E-state index contributed by atoms with van der Waals surface area (Å²) in [5.41, 5.74) is 5.28. The molecule has 0 N–H and O–H groups in total. The predicted octanol–water partition coefficient (Wildman–Crippen LogP) is 5.12. The van der Waals surface area contributed by atoms with E-state index in [1.54, 1.807) is 0 Å². The highest BCUT2D eigenvalue weighted by Crippen LogP contribution is 2.30. The smallest absolute Gasteiger partial charge is 0.159 e. The van der Waals surface area contributed by atoms with Gasteiger partial charge in [-0.05, 0) is 30.2 Å². The maximum absolute atomic E-state index is 6.50. The van der Waals surface area contributed by atoms with Crippen LogP contribution in [0.1, 0.15) is 41.7 Å². The van der Waals surface area contributed by atoms with Gasteiger partial charge in [-0.15, -0.1) is 10.2 Å². The summed E-state index contributed by atoms with van der Waals surface area (Å²) in [4.78, 5) is 4.88. The van der Waals surface area contributed by atoms with Crippen LogP contribution < -0.4 is 0 Å². The average Bonchev–Trinajstić information content (AvgIpc) is 2.99. The first-order valence-corrected chi connectivity index (χ1v) is 10.1. The number of aliphatic imine (C=N–C) groups is 1. The number of rotatable bonds is 4. The van der Waals surface area contributed by atoms with E-state index in [0.29, 0.717) is 16.9 Å². The molecule has 26 heavy (non-hydrogen) atoms. The molecule has 2 heterocycles. The average molecular weight is 430 g/mol. The Kier molecular flexibility index (Phi) is 4.92. The number of nitrogens with zero attached hydrogens (tertiary/aromatic N) is 4. The third-order valence-electron chi connectivity index (χ3n) is 4.52. The van der Waals surface area contributed by atoms with E-state index in [1.807, 2.05) is 24.3 Å². The van der Waals surface area contributed by atoms with Crippen molar-refractivity contribution in [3.8, 4) is 5.69 Å². The zero-order valence-electron chi connectivity index (χ0n) is 14.4. The minimum absolute atomic E-state index is 0.471. The Balaban J connectivity index is 1.98. The van der Waals surface area contributed by atoms with Gasteiger partial charge >= 0.3 is 0 Å². The molecule has 1 aromatic heterocycles. The molecular weight excluding hydrogens is 412 g/mol. The highest BCUT2D eigenvalue weighted by Gasteiger charge is 2.23. The minimum atomic E-state index is 0.471. The van der Waals surface area contributed by atoms with E-state index in [2.05, 4.69) is 55.8 Å². The van der Waals surface area contributed by atoms with Gasteiger partial charge < -0.3 is 0 Å². The highest BCUT2D eigenvalue weighted by molar-refractivity contribution is 9.08. The molecule has 0 aliphatic carbocycles. The second-order valence-corrected chi connectivity index (χ2v) is 7.22. The topological polar surface area (TPSA) is 43.1 Å². The molecule has 0 atom stereocenters. The van der Waals surface area contributed by atoms with Crippen LogP contribution in [0, 0.1) is 0 Å². The summed E-state index contributed by atoms with van der Waals surface area (Å²) in [6.45, 7) is 2.66. The maximum Gasteiger partial charge on any atom is 0.159 e. The van der Waals surface area contributed by atoms with Gasteiger partial charge in [0.25, 0.3) is 0 Å². The van der Waals surface area contributed by atoms with Gasteiger partial charge in [0, 0.05) is 16.1 Å². The van der Waals surface area contributed by atoms with Crippen molar-refractivity contribution in [2.75, 3.05) is 0 Å². The van der Waals surface area contributed by atoms with Crippen molar-refractivity contribution in [2.45, 2.75) is 31.6 Å². The lowest BCUT2D eigenvalue weighted by Crippen LogP contribution is -2.10. The monoisotopic (exact) mass is 428 g/mol. The Morgan fingerprint density at radius 2 is 1.96 bits per heavy atom. The van der Waals surface area contributed by atoms with Crippen LogP contribution in [0.2, 0.25) is 5.02 Å². The molecule has 0 fully saturated rings. The SMILES string of the molecule is CCCc1ccc2c(c1)C(c1ccccc1Cl)=NCc1nnc(CBr)n1-2. The fourth-order valence-electron chi connectivity index (χ4n) is 3.35. The standard InChI is InChI=1S/C20H18BrClN4/c1-2-5-13-8-9-17-15(10-13)20(14-6-3-4-7-16(14)22)23-12-19-25-24-18(11-21)26(17)19/h3-4,6-10H,2,5,11-12H2,1H3.